The number of ether oxygens (including phenoxy) is 1. The third-order valence-corrected chi connectivity index (χ3v) is 3.78. The van der Waals surface area contributed by atoms with Crippen LogP contribution in [0.2, 0.25) is 5.02 Å². The van der Waals surface area contributed by atoms with Gasteiger partial charge in [0.2, 0.25) is 0 Å². The maximum absolute atomic E-state index is 12.4. The minimum absolute atomic E-state index is 0.222. The summed E-state index contributed by atoms with van der Waals surface area (Å²) >= 11 is 5.90. The molecule has 1 N–H and O–H groups in total. The number of aromatic nitrogens is 1. The predicted octanol–water partition coefficient (Wildman–Crippen LogP) is 3.45. The third kappa shape index (κ3) is 3.48. The first-order valence-electron chi connectivity index (χ1n) is 6.96. The number of benzene rings is 1. The maximum atomic E-state index is 12.4. The normalized spacial score (nSPS) is 13.7. The van der Waals surface area contributed by atoms with E-state index >= 15 is 0 Å². The highest BCUT2D eigenvalue weighted by atomic mass is 35.5. The van der Waals surface area contributed by atoms with Gasteiger partial charge in [-0.2, -0.15) is 0 Å². The van der Waals surface area contributed by atoms with Crippen molar-refractivity contribution >= 4 is 17.5 Å². The van der Waals surface area contributed by atoms with E-state index in [2.05, 4.69) is 10.5 Å². The zero-order valence-electron chi connectivity index (χ0n) is 13.0. The summed E-state index contributed by atoms with van der Waals surface area (Å²) in [5.74, 6) is 0.280. The van der Waals surface area contributed by atoms with Crippen molar-refractivity contribution in [2.24, 2.45) is 0 Å². The molecule has 1 heterocycles. The van der Waals surface area contributed by atoms with E-state index in [9.17, 15) is 4.79 Å². The number of methoxy groups -OCH3 is 1. The quantitative estimate of drug-likeness (QED) is 0.915. The van der Waals surface area contributed by atoms with Gasteiger partial charge >= 0.3 is 0 Å². The fourth-order valence-corrected chi connectivity index (χ4v) is 2.57. The second-order valence-corrected chi connectivity index (χ2v) is 5.61. The molecule has 0 saturated carbocycles. The van der Waals surface area contributed by atoms with Gasteiger partial charge in [-0.05, 0) is 38.5 Å². The fraction of sp³-hybridized carbons (Fsp3) is 0.375. The first-order chi connectivity index (χ1) is 10.4. The number of carbonyl (C=O) groups excluding carboxylic acids is 1. The minimum atomic E-state index is -0.276. The van der Waals surface area contributed by atoms with Crippen LogP contribution in [0.25, 0.3) is 0 Å². The van der Waals surface area contributed by atoms with E-state index in [1.165, 1.54) is 0 Å². The van der Waals surface area contributed by atoms with Gasteiger partial charge in [0, 0.05) is 12.1 Å². The second-order valence-electron chi connectivity index (χ2n) is 5.17. The molecule has 0 aliphatic carbocycles. The molecule has 1 amide bonds. The van der Waals surface area contributed by atoms with Crippen molar-refractivity contribution in [3.63, 3.8) is 0 Å². The molecule has 118 valence electrons. The first kappa shape index (κ1) is 16.5. The minimum Gasteiger partial charge on any atom is -0.375 e. The van der Waals surface area contributed by atoms with Crippen LogP contribution in [-0.2, 0) is 4.74 Å². The van der Waals surface area contributed by atoms with E-state index < -0.39 is 0 Å². The number of rotatable bonds is 5. The van der Waals surface area contributed by atoms with Crippen molar-refractivity contribution in [2.45, 2.75) is 32.9 Å². The molecule has 5 nitrogen and oxygen atoms in total. The largest absolute Gasteiger partial charge is 0.375 e. The zero-order chi connectivity index (χ0) is 16.3. The summed E-state index contributed by atoms with van der Waals surface area (Å²) in [4.78, 5) is 12.4. The van der Waals surface area contributed by atoms with Crippen molar-refractivity contribution in [3.05, 3.63) is 51.9 Å². The Morgan fingerprint density at radius 2 is 1.95 bits per heavy atom. The summed E-state index contributed by atoms with van der Waals surface area (Å²) in [6.07, 6.45) is -0.276. The molecule has 1 aromatic carbocycles. The highest BCUT2D eigenvalue weighted by Gasteiger charge is 2.24. The van der Waals surface area contributed by atoms with E-state index in [0.29, 0.717) is 22.0 Å². The number of carbonyl (C=O) groups is 1. The SMILES string of the molecule is CO[C@H](c1ccc(Cl)cc1)[C@@H](C)NC(=O)c1c(C)noc1C. The monoisotopic (exact) mass is 322 g/mol. The van der Waals surface area contributed by atoms with Crippen LogP contribution in [0.1, 0.15) is 40.4 Å². The van der Waals surface area contributed by atoms with Gasteiger partial charge in [-0.1, -0.05) is 28.9 Å². The molecular weight excluding hydrogens is 304 g/mol. The fourth-order valence-electron chi connectivity index (χ4n) is 2.44. The van der Waals surface area contributed by atoms with Crippen LogP contribution in [0, 0.1) is 13.8 Å². The van der Waals surface area contributed by atoms with Gasteiger partial charge in [0.1, 0.15) is 17.4 Å². The van der Waals surface area contributed by atoms with Gasteiger partial charge in [0.25, 0.3) is 5.91 Å². The lowest BCUT2D eigenvalue weighted by Crippen LogP contribution is -2.38. The third-order valence-electron chi connectivity index (χ3n) is 3.53. The van der Waals surface area contributed by atoms with Gasteiger partial charge < -0.3 is 14.6 Å². The van der Waals surface area contributed by atoms with E-state index in [1.807, 2.05) is 19.1 Å². The van der Waals surface area contributed by atoms with Gasteiger partial charge in [-0.15, -0.1) is 0 Å². The van der Waals surface area contributed by atoms with Crippen LogP contribution in [0.15, 0.2) is 28.8 Å². The maximum Gasteiger partial charge on any atom is 0.257 e. The topological polar surface area (TPSA) is 64.4 Å². The van der Waals surface area contributed by atoms with Gasteiger partial charge in [0.05, 0.1) is 11.7 Å². The molecule has 0 bridgehead atoms. The van der Waals surface area contributed by atoms with Crippen molar-refractivity contribution in [1.29, 1.82) is 0 Å². The molecule has 2 atom stereocenters. The Hall–Kier alpha value is -1.85. The van der Waals surface area contributed by atoms with E-state index in [0.717, 1.165) is 5.56 Å². The molecule has 6 heteroatoms. The Labute approximate surface area is 134 Å². The number of nitrogens with one attached hydrogen (secondary N) is 1. The molecule has 2 aromatic rings. The van der Waals surface area contributed by atoms with Crippen molar-refractivity contribution in [3.8, 4) is 0 Å². The van der Waals surface area contributed by atoms with Gasteiger partial charge in [-0.25, -0.2) is 0 Å². The standard InChI is InChI=1S/C16H19ClN2O3/c1-9-14(11(3)22-19-9)16(20)18-10(2)15(21-4)12-5-7-13(17)8-6-12/h5-8,10,15H,1-4H3,(H,18,20)/t10-,15+/m1/s1. The van der Waals surface area contributed by atoms with Crippen molar-refractivity contribution in [2.75, 3.05) is 7.11 Å². The van der Waals surface area contributed by atoms with Crippen LogP contribution < -0.4 is 5.32 Å². The molecule has 0 radical (unpaired) electrons. The Balaban J connectivity index is 2.14. The van der Waals surface area contributed by atoms with E-state index in [4.69, 9.17) is 20.9 Å². The Morgan fingerprint density at radius 3 is 2.45 bits per heavy atom. The molecule has 2 rings (SSSR count). The number of nitrogens with zero attached hydrogens (tertiary/aromatic N) is 1. The summed E-state index contributed by atoms with van der Waals surface area (Å²) < 4.78 is 10.5. The van der Waals surface area contributed by atoms with Crippen LogP contribution in [0.5, 0.6) is 0 Å². The molecule has 0 spiro atoms. The van der Waals surface area contributed by atoms with Crippen LogP contribution in [-0.4, -0.2) is 24.2 Å². The average molecular weight is 323 g/mol. The number of halogens is 1. The lowest BCUT2D eigenvalue weighted by Gasteiger charge is -2.24. The molecule has 0 fully saturated rings. The number of hydrogen-bond acceptors (Lipinski definition) is 4. The van der Waals surface area contributed by atoms with E-state index in [1.54, 1.807) is 33.1 Å². The summed E-state index contributed by atoms with van der Waals surface area (Å²) in [5.41, 5.74) is 1.99. The number of hydrogen-bond donors (Lipinski definition) is 1. The molecule has 0 aliphatic heterocycles. The Bertz CT molecular complexity index is 632. The molecular formula is C16H19ClN2O3. The lowest BCUT2D eigenvalue weighted by molar-refractivity contribution is 0.0644. The van der Waals surface area contributed by atoms with Crippen LogP contribution >= 0.6 is 11.6 Å². The smallest absolute Gasteiger partial charge is 0.257 e. The number of amides is 1. The second kappa shape index (κ2) is 6.94. The molecule has 1 aromatic heterocycles. The summed E-state index contributed by atoms with van der Waals surface area (Å²) in [6.45, 7) is 5.34. The Kier molecular flexibility index (Phi) is 5.21. The van der Waals surface area contributed by atoms with Crippen molar-refractivity contribution in [1.82, 2.24) is 10.5 Å². The number of aryl methyl sites for hydroxylation is 2. The summed E-state index contributed by atoms with van der Waals surface area (Å²) in [5, 5.41) is 7.39. The molecule has 0 saturated heterocycles. The van der Waals surface area contributed by atoms with Gasteiger partial charge in [-0.3, -0.25) is 4.79 Å². The zero-order valence-corrected chi connectivity index (χ0v) is 13.8. The molecule has 22 heavy (non-hydrogen) atoms. The first-order valence-corrected chi connectivity index (χ1v) is 7.33. The van der Waals surface area contributed by atoms with Crippen LogP contribution in [0.3, 0.4) is 0 Å². The van der Waals surface area contributed by atoms with Gasteiger partial charge in [0.15, 0.2) is 0 Å². The summed E-state index contributed by atoms with van der Waals surface area (Å²) in [6, 6.07) is 7.13. The van der Waals surface area contributed by atoms with Crippen LogP contribution in [0.4, 0.5) is 0 Å². The highest BCUT2D eigenvalue weighted by molar-refractivity contribution is 6.30. The van der Waals surface area contributed by atoms with Crippen molar-refractivity contribution < 1.29 is 14.1 Å². The summed E-state index contributed by atoms with van der Waals surface area (Å²) in [7, 11) is 1.61. The Morgan fingerprint density at radius 1 is 1.32 bits per heavy atom. The average Bonchev–Trinajstić information content (AvgIpc) is 2.81. The molecule has 0 unspecified atom stereocenters. The highest BCUT2D eigenvalue weighted by Crippen LogP contribution is 2.23. The lowest BCUT2D eigenvalue weighted by atomic mass is 10.0. The van der Waals surface area contributed by atoms with E-state index in [-0.39, 0.29) is 18.1 Å². The predicted molar refractivity (Wildman–Crippen MR) is 84.1 cm³/mol. The molecule has 0 aliphatic rings.